The molecule has 1 unspecified atom stereocenters. The van der Waals surface area contributed by atoms with Gasteiger partial charge in [-0.1, -0.05) is 25.4 Å². The van der Waals surface area contributed by atoms with E-state index in [-0.39, 0.29) is 23.6 Å². The number of carbonyl (C=O) groups excluding carboxylic acids is 1. The molecule has 1 amide bonds. The number of oxazole rings is 1. The lowest BCUT2D eigenvalue weighted by atomic mass is 9.86. The summed E-state index contributed by atoms with van der Waals surface area (Å²) in [6.07, 6.45) is 3.44. The predicted octanol–water partition coefficient (Wildman–Crippen LogP) is 5.29. The number of nitrogens with zero attached hydrogens (tertiary/aromatic N) is 1. The molecule has 3 aromatic rings. The molecule has 1 fully saturated rings. The zero-order valence-electron chi connectivity index (χ0n) is 17.0. The molecule has 160 valence electrons. The summed E-state index contributed by atoms with van der Waals surface area (Å²) in [7, 11) is -1.22. The van der Waals surface area contributed by atoms with E-state index < -0.39 is 10.8 Å². The molecule has 30 heavy (non-hydrogen) atoms. The van der Waals surface area contributed by atoms with Crippen molar-refractivity contribution in [3.05, 3.63) is 47.0 Å². The van der Waals surface area contributed by atoms with Crippen LogP contribution in [0.5, 0.6) is 0 Å². The number of aromatic nitrogens is 1. The van der Waals surface area contributed by atoms with Crippen molar-refractivity contribution in [3.8, 4) is 0 Å². The Hall–Kier alpha value is -2.12. The summed E-state index contributed by atoms with van der Waals surface area (Å²) in [6.45, 7) is 4.00. The monoisotopic (exact) mass is 448 g/mol. The van der Waals surface area contributed by atoms with Crippen molar-refractivity contribution in [3.63, 3.8) is 0 Å². The number of nitrogens with one attached hydrogen (secondary N) is 1. The number of furan rings is 1. The Labute approximate surface area is 182 Å². The average molecular weight is 449 g/mol. The molecule has 0 spiro atoms. The van der Waals surface area contributed by atoms with Crippen molar-refractivity contribution in [2.75, 3.05) is 5.75 Å². The maximum Gasteiger partial charge on any atom is 0.287 e. The van der Waals surface area contributed by atoms with Gasteiger partial charge in [0.05, 0.1) is 10.8 Å². The van der Waals surface area contributed by atoms with Crippen LogP contribution >= 0.6 is 11.6 Å². The zero-order valence-corrected chi connectivity index (χ0v) is 18.6. The minimum atomic E-state index is -1.22. The van der Waals surface area contributed by atoms with E-state index in [2.05, 4.69) is 10.3 Å². The quantitative estimate of drug-likeness (QED) is 0.553. The third-order valence-electron chi connectivity index (χ3n) is 5.29. The molecule has 1 saturated carbocycles. The van der Waals surface area contributed by atoms with Gasteiger partial charge in [0.15, 0.2) is 22.3 Å². The number of hydrogen-bond donors (Lipinski definition) is 1. The van der Waals surface area contributed by atoms with E-state index in [0.29, 0.717) is 21.8 Å². The van der Waals surface area contributed by atoms with E-state index in [9.17, 15) is 9.00 Å². The smallest absolute Gasteiger partial charge is 0.287 e. The molecule has 1 N–H and O–H groups in total. The Morgan fingerprint density at radius 3 is 2.70 bits per heavy atom. The van der Waals surface area contributed by atoms with Gasteiger partial charge in [-0.05, 0) is 61.9 Å². The fourth-order valence-corrected chi connectivity index (χ4v) is 5.12. The number of amides is 1. The molecule has 1 atom stereocenters. The topological polar surface area (TPSA) is 85.3 Å². The van der Waals surface area contributed by atoms with E-state index in [4.69, 9.17) is 20.4 Å². The van der Waals surface area contributed by atoms with Crippen LogP contribution in [0.25, 0.3) is 11.1 Å². The summed E-state index contributed by atoms with van der Waals surface area (Å²) in [6, 6.07) is 8.74. The highest BCUT2D eigenvalue weighted by Crippen LogP contribution is 2.34. The fraction of sp³-hybridized carbons (Fsp3) is 0.455. The standard InChI is InChI=1S/C22H25ClN2O4S/c1-13(2)12-30(27)20-10-9-19(28-20)21(26)24-16-6-3-14(4-7-16)22-25-17-11-15(23)5-8-18(17)29-22/h5,8-11,13-14,16H,3-4,6-7,12H2,1-2H3,(H,24,26). The first-order chi connectivity index (χ1) is 14.4. The molecular weight excluding hydrogens is 424 g/mol. The van der Waals surface area contributed by atoms with Gasteiger partial charge in [0, 0.05) is 22.7 Å². The van der Waals surface area contributed by atoms with Crippen molar-refractivity contribution in [2.45, 2.75) is 56.6 Å². The predicted molar refractivity (Wildman–Crippen MR) is 116 cm³/mol. The minimum absolute atomic E-state index is 0.0716. The summed E-state index contributed by atoms with van der Waals surface area (Å²) in [5.41, 5.74) is 1.52. The van der Waals surface area contributed by atoms with Gasteiger partial charge in [-0.15, -0.1) is 0 Å². The van der Waals surface area contributed by atoms with Crippen LogP contribution in [0, 0.1) is 5.92 Å². The van der Waals surface area contributed by atoms with Gasteiger partial charge < -0.3 is 14.2 Å². The lowest BCUT2D eigenvalue weighted by molar-refractivity contribution is 0.0891. The molecule has 0 saturated heterocycles. The number of benzene rings is 1. The molecule has 8 heteroatoms. The van der Waals surface area contributed by atoms with Gasteiger partial charge in [-0.3, -0.25) is 9.00 Å². The van der Waals surface area contributed by atoms with Gasteiger partial charge in [0.1, 0.15) is 5.52 Å². The van der Waals surface area contributed by atoms with Gasteiger partial charge in [-0.25, -0.2) is 4.98 Å². The largest absolute Gasteiger partial charge is 0.442 e. The summed E-state index contributed by atoms with van der Waals surface area (Å²) in [4.78, 5) is 17.1. The Balaban J connectivity index is 1.32. The van der Waals surface area contributed by atoms with E-state index in [1.165, 1.54) is 0 Å². The summed E-state index contributed by atoms with van der Waals surface area (Å²) < 4.78 is 23.6. The van der Waals surface area contributed by atoms with E-state index in [1.54, 1.807) is 18.2 Å². The van der Waals surface area contributed by atoms with Crippen molar-refractivity contribution >= 4 is 39.4 Å². The molecule has 2 heterocycles. The average Bonchev–Trinajstić information content (AvgIpc) is 3.35. The lowest BCUT2D eigenvalue weighted by Crippen LogP contribution is -2.37. The van der Waals surface area contributed by atoms with Crippen LogP contribution in [0.1, 0.15) is 61.9 Å². The highest BCUT2D eigenvalue weighted by atomic mass is 35.5. The van der Waals surface area contributed by atoms with E-state index in [1.807, 2.05) is 26.0 Å². The van der Waals surface area contributed by atoms with Crippen LogP contribution < -0.4 is 5.32 Å². The molecular formula is C22H25ClN2O4S. The van der Waals surface area contributed by atoms with E-state index in [0.717, 1.165) is 42.7 Å². The van der Waals surface area contributed by atoms with Crippen LogP contribution in [0.2, 0.25) is 5.02 Å². The van der Waals surface area contributed by atoms with Crippen molar-refractivity contribution in [1.29, 1.82) is 0 Å². The third kappa shape index (κ3) is 4.78. The van der Waals surface area contributed by atoms with Gasteiger partial charge in [-0.2, -0.15) is 0 Å². The molecule has 0 bridgehead atoms. The number of hydrogen-bond acceptors (Lipinski definition) is 5. The summed E-state index contributed by atoms with van der Waals surface area (Å²) >= 11 is 6.03. The molecule has 2 aromatic heterocycles. The highest BCUT2D eigenvalue weighted by Gasteiger charge is 2.28. The zero-order chi connectivity index (χ0) is 21.3. The Morgan fingerprint density at radius 2 is 1.97 bits per heavy atom. The first kappa shape index (κ1) is 21.1. The highest BCUT2D eigenvalue weighted by molar-refractivity contribution is 7.84. The van der Waals surface area contributed by atoms with E-state index >= 15 is 0 Å². The number of halogens is 1. The Morgan fingerprint density at radius 1 is 1.20 bits per heavy atom. The summed E-state index contributed by atoms with van der Waals surface area (Å²) in [5, 5.41) is 4.03. The molecule has 1 aromatic carbocycles. The van der Waals surface area contributed by atoms with Gasteiger partial charge in [0.2, 0.25) is 0 Å². The second-order valence-corrected chi connectivity index (χ2v) is 10.1. The number of carbonyl (C=O) groups is 1. The fourth-order valence-electron chi connectivity index (χ4n) is 3.78. The summed E-state index contributed by atoms with van der Waals surface area (Å²) in [5.74, 6) is 1.73. The molecule has 4 rings (SSSR count). The molecule has 1 aliphatic carbocycles. The van der Waals surface area contributed by atoms with Crippen LogP contribution in [0.15, 0.2) is 44.3 Å². The maximum atomic E-state index is 12.5. The second-order valence-electron chi connectivity index (χ2n) is 8.21. The normalized spacial score (nSPS) is 20.5. The van der Waals surface area contributed by atoms with Gasteiger partial charge in [0.25, 0.3) is 5.91 Å². The minimum Gasteiger partial charge on any atom is -0.442 e. The molecule has 6 nitrogen and oxygen atoms in total. The molecule has 0 radical (unpaired) electrons. The first-order valence-electron chi connectivity index (χ1n) is 10.2. The van der Waals surface area contributed by atoms with Crippen LogP contribution in [0.4, 0.5) is 0 Å². The van der Waals surface area contributed by atoms with Crippen molar-refractivity contribution in [2.24, 2.45) is 5.92 Å². The third-order valence-corrected chi connectivity index (χ3v) is 7.16. The van der Waals surface area contributed by atoms with Crippen LogP contribution in [0.3, 0.4) is 0 Å². The maximum absolute atomic E-state index is 12.5. The molecule has 1 aliphatic rings. The lowest BCUT2D eigenvalue weighted by Gasteiger charge is -2.27. The molecule has 0 aliphatic heterocycles. The first-order valence-corrected chi connectivity index (χ1v) is 11.9. The van der Waals surface area contributed by atoms with Crippen molar-refractivity contribution < 1.29 is 17.8 Å². The Kier molecular flexibility index (Phi) is 6.29. The van der Waals surface area contributed by atoms with Crippen LogP contribution in [-0.2, 0) is 10.8 Å². The number of fused-ring (bicyclic) bond motifs is 1. The SMILES string of the molecule is CC(C)CS(=O)c1ccc(C(=O)NC2CCC(c3nc4cc(Cl)ccc4o3)CC2)o1. The second kappa shape index (κ2) is 8.94. The van der Waals surface area contributed by atoms with Gasteiger partial charge >= 0.3 is 0 Å². The van der Waals surface area contributed by atoms with Crippen molar-refractivity contribution in [1.82, 2.24) is 10.3 Å². The Bertz CT molecular complexity index is 1070. The number of rotatable bonds is 6. The van der Waals surface area contributed by atoms with Crippen LogP contribution in [-0.4, -0.2) is 26.9 Å².